The lowest BCUT2D eigenvalue weighted by molar-refractivity contribution is 0.536. The molecular weight excluding hydrogens is 260 g/mol. The molecular formula is C17H30N4. The molecule has 4 heteroatoms. The molecule has 1 saturated carbocycles. The second-order valence-corrected chi connectivity index (χ2v) is 6.41. The van der Waals surface area contributed by atoms with Gasteiger partial charge in [-0.25, -0.2) is 9.97 Å². The van der Waals surface area contributed by atoms with Gasteiger partial charge in [-0.05, 0) is 38.0 Å². The van der Waals surface area contributed by atoms with E-state index in [9.17, 15) is 0 Å². The molecule has 2 unspecified atom stereocenters. The van der Waals surface area contributed by atoms with Crippen LogP contribution in [0.5, 0.6) is 0 Å². The molecule has 118 valence electrons. The van der Waals surface area contributed by atoms with E-state index in [-0.39, 0.29) is 0 Å². The number of rotatable bonds is 7. The van der Waals surface area contributed by atoms with Crippen molar-refractivity contribution in [3.63, 3.8) is 0 Å². The molecule has 2 N–H and O–H groups in total. The number of anilines is 2. The standard InChI is InChI=1S/C17H30N4/c1-5-9-18-16-13(4)17(21-15(6-2)20-16)19-11-14-8-7-12(3)10-14/h12,14H,5-11H2,1-4H3,(H2,18,19,20,21). The van der Waals surface area contributed by atoms with Gasteiger partial charge in [0.15, 0.2) is 0 Å². The van der Waals surface area contributed by atoms with Crippen molar-refractivity contribution in [1.82, 2.24) is 9.97 Å². The van der Waals surface area contributed by atoms with Crippen molar-refractivity contribution in [2.75, 3.05) is 23.7 Å². The monoisotopic (exact) mass is 290 g/mol. The summed E-state index contributed by atoms with van der Waals surface area (Å²) in [7, 11) is 0. The highest BCUT2D eigenvalue weighted by atomic mass is 15.1. The van der Waals surface area contributed by atoms with E-state index in [4.69, 9.17) is 0 Å². The van der Waals surface area contributed by atoms with E-state index < -0.39 is 0 Å². The third-order valence-electron chi connectivity index (χ3n) is 4.41. The van der Waals surface area contributed by atoms with Crippen LogP contribution in [0.1, 0.15) is 57.8 Å². The van der Waals surface area contributed by atoms with Gasteiger partial charge in [0.05, 0.1) is 0 Å². The van der Waals surface area contributed by atoms with Crippen molar-refractivity contribution in [2.45, 2.75) is 59.8 Å². The van der Waals surface area contributed by atoms with Gasteiger partial charge < -0.3 is 10.6 Å². The Labute approximate surface area is 129 Å². The van der Waals surface area contributed by atoms with E-state index in [1.54, 1.807) is 0 Å². The molecule has 0 aliphatic heterocycles. The van der Waals surface area contributed by atoms with Gasteiger partial charge in [0, 0.05) is 25.1 Å². The van der Waals surface area contributed by atoms with Gasteiger partial charge in [0.25, 0.3) is 0 Å². The molecule has 0 radical (unpaired) electrons. The molecule has 1 aliphatic carbocycles. The summed E-state index contributed by atoms with van der Waals surface area (Å²) in [5, 5.41) is 7.00. The fraction of sp³-hybridized carbons (Fsp3) is 0.765. The summed E-state index contributed by atoms with van der Waals surface area (Å²) in [6.45, 7) is 10.7. The predicted octanol–water partition coefficient (Wildman–Crippen LogP) is 4.02. The van der Waals surface area contributed by atoms with Crippen LogP contribution in [0.3, 0.4) is 0 Å². The Kier molecular flexibility index (Phi) is 5.83. The largest absolute Gasteiger partial charge is 0.370 e. The molecule has 1 aliphatic rings. The zero-order chi connectivity index (χ0) is 15.2. The van der Waals surface area contributed by atoms with Crippen LogP contribution in [-0.2, 0) is 6.42 Å². The molecule has 1 heterocycles. The first-order valence-corrected chi connectivity index (χ1v) is 8.49. The van der Waals surface area contributed by atoms with Crippen molar-refractivity contribution >= 4 is 11.6 Å². The summed E-state index contributed by atoms with van der Waals surface area (Å²) >= 11 is 0. The van der Waals surface area contributed by atoms with Crippen LogP contribution in [0.25, 0.3) is 0 Å². The Morgan fingerprint density at radius 3 is 2.38 bits per heavy atom. The van der Waals surface area contributed by atoms with Gasteiger partial charge in [-0.2, -0.15) is 0 Å². The molecule has 0 saturated heterocycles. The third-order valence-corrected chi connectivity index (χ3v) is 4.41. The van der Waals surface area contributed by atoms with Gasteiger partial charge >= 0.3 is 0 Å². The maximum atomic E-state index is 4.68. The van der Waals surface area contributed by atoms with Crippen LogP contribution in [0.2, 0.25) is 0 Å². The molecule has 1 fully saturated rings. The summed E-state index contributed by atoms with van der Waals surface area (Å²) in [6.07, 6.45) is 6.04. The van der Waals surface area contributed by atoms with Crippen LogP contribution >= 0.6 is 0 Å². The molecule has 0 spiro atoms. The zero-order valence-corrected chi connectivity index (χ0v) is 14.0. The molecule has 0 bridgehead atoms. The quantitative estimate of drug-likeness (QED) is 0.796. The van der Waals surface area contributed by atoms with Gasteiger partial charge in [0.2, 0.25) is 0 Å². The average molecular weight is 290 g/mol. The highest BCUT2D eigenvalue weighted by Crippen LogP contribution is 2.30. The van der Waals surface area contributed by atoms with Gasteiger partial charge in [-0.15, -0.1) is 0 Å². The minimum absolute atomic E-state index is 0.798. The SMILES string of the molecule is CCCNc1nc(CC)nc(NCC2CCC(C)C2)c1C. The van der Waals surface area contributed by atoms with Crippen molar-refractivity contribution in [1.29, 1.82) is 0 Å². The van der Waals surface area contributed by atoms with E-state index in [0.717, 1.165) is 60.8 Å². The number of nitrogens with one attached hydrogen (secondary N) is 2. The third kappa shape index (κ3) is 4.32. The predicted molar refractivity (Wildman–Crippen MR) is 89.9 cm³/mol. The molecule has 1 aromatic heterocycles. The van der Waals surface area contributed by atoms with E-state index >= 15 is 0 Å². The Bertz CT molecular complexity index is 458. The average Bonchev–Trinajstić information content (AvgIpc) is 2.90. The smallest absolute Gasteiger partial charge is 0.134 e. The number of hydrogen-bond donors (Lipinski definition) is 2. The number of hydrogen-bond acceptors (Lipinski definition) is 4. The van der Waals surface area contributed by atoms with Crippen LogP contribution in [0, 0.1) is 18.8 Å². The molecule has 4 nitrogen and oxygen atoms in total. The molecule has 0 amide bonds. The van der Waals surface area contributed by atoms with Crippen molar-refractivity contribution in [3.8, 4) is 0 Å². The van der Waals surface area contributed by atoms with Crippen molar-refractivity contribution in [2.24, 2.45) is 11.8 Å². The summed E-state index contributed by atoms with van der Waals surface area (Å²) < 4.78 is 0. The Morgan fingerprint density at radius 2 is 1.81 bits per heavy atom. The summed E-state index contributed by atoms with van der Waals surface area (Å²) in [4.78, 5) is 9.30. The lowest BCUT2D eigenvalue weighted by Crippen LogP contribution is -2.16. The van der Waals surface area contributed by atoms with Crippen LogP contribution in [0.4, 0.5) is 11.6 Å². The van der Waals surface area contributed by atoms with E-state index in [0.29, 0.717) is 0 Å². The summed E-state index contributed by atoms with van der Waals surface area (Å²) in [6, 6.07) is 0. The number of nitrogens with zero attached hydrogens (tertiary/aromatic N) is 2. The summed E-state index contributed by atoms with van der Waals surface area (Å²) in [5.74, 6) is 4.61. The Hall–Kier alpha value is -1.32. The molecule has 0 aromatic carbocycles. The van der Waals surface area contributed by atoms with Crippen molar-refractivity contribution < 1.29 is 0 Å². The Balaban J connectivity index is 2.06. The van der Waals surface area contributed by atoms with Crippen molar-refractivity contribution in [3.05, 3.63) is 11.4 Å². The normalized spacial score (nSPS) is 21.5. The molecule has 1 aromatic rings. The second kappa shape index (κ2) is 7.62. The van der Waals surface area contributed by atoms with Crippen LogP contribution in [0.15, 0.2) is 0 Å². The Morgan fingerprint density at radius 1 is 1.10 bits per heavy atom. The highest BCUT2D eigenvalue weighted by Gasteiger charge is 2.21. The lowest BCUT2D eigenvalue weighted by atomic mass is 10.1. The summed E-state index contributed by atoms with van der Waals surface area (Å²) in [5.41, 5.74) is 1.15. The zero-order valence-electron chi connectivity index (χ0n) is 14.0. The molecule has 2 rings (SSSR count). The molecule has 21 heavy (non-hydrogen) atoms. The maximum absolute atomic E-state index is 4.68. The van der Waals surface area contributed by atoms with Gasteiger partial charge in [-0.1, -0.05) is 27.2 Å². The van der Waals surface area contributed by atoms with Crippen LogP contribution < -0.4 is 10.6 Å². The number of aryl methyl sites for hydroxylation is 1. The minimum atomic E-state index is 0.798. The van der Waals surface area contributed by atoms with Gasteiger partial charge in [-0.3, -0.25) is 0 Å². The first-order valence-electron chi connectivity index (χ1n) is 8.49. The van der Waals surface area contributed by atoms with Crippen LogP contribution in [-0.4, -0.2) is 23.1 Å². The topological polar surface area (TPSA) is 49.8 Å². The second-order valence-electron chi connectivity index (χ2n) is 6.41. The highest BCUT2D eigenvalue weighted by molar-refractivity contribution is 5.57. The minimum Gasteiger partial charge on any atom is -0.370 e. The molecule has 2 atom stereocenters. The van der Waals surface area contributed by atoms with E-state index in [2.05, 4.69) is 48.3 Å². The van der Waals surface area contributed by atoms with E-state index in [1.165, 1.54) is 19.3 Å². The maximum Gasteiger partial charge on any atom is 0.134 e. The lowest BCUT2D eigenvalue weighted by Gasteiger charge is -2.17. The fourth-order valence-electron chi connectivity index (χ4n) is 3.06. The first kappa shape index (κ1) is 16.1. The fourth-order valence-corrected chi connectivity index (χ4v) is 3.06. The number of aromatic nitrogens is 2. The first-order chi connectivity index (χ1) is 10.1. The van der Waals surface area contributed by atoms with E-state index in [1.807, 2.05) is 0 Å². The van der Waals surface area contributed by atoms with Gasteiger partial charge in [0.1, 0.15) is 17.5 Å².